The Bertz CT molecular complexity index is 3380. The Labute approximate surface area is 526 Å². The van der Waals surface area contributed by atoms with Crippen molar-refractivity contribution in [3.8, 4) is 23.6 Å². The fourth-order valence-corrected chi connectivity index (χ4v) is 10.9. The molecule has 0 N–H and O–H groups in total. The van der Waals surface area contributed by atoms with Crippen LogP contribution in [-0.4, -0.2) is 74.6 Å². The fourth-order valence-electron chi connectivity index (χ4n) is 10.9. The van der Waals surface area contributed by atoms with E-state index in [0.717, 1.165) is 44.5 Å². The van der Waals surface area contributed by atoms with Crippen LogP contribution < -0.4 is 9.47 Å². The number of ether oxygens (including phenoxy) is 12. The average molecular weight is 1210 g/mol. The van der Waals surface area contributed by atoms with Crippen LogP contribution in [0.4, 0.5) is 0 Å². The minimum atomic E-state index is -1.26. The lowest BCUT2D eigenvalue weighted by Crippen LogP contribution is -2.62. The molecule has 0 aromatic heterocycles. The van der Waals surface area contributed by atoms with Gasteiger partial charge in [-0.1, -0.05) is 243 Å². The summed E-state index contributed by atoms with van der Waals surface area (Å²) in [5.74, 6) is 0.0578. The van der Waals surface area contributed by atoms with Crippen molar-refractivity contribution in [3.05, 3.63) is 310 Å². The Kier molecular flexibility index (Phi) is 23.1. The molecule has 0 aliphatic carbocycles. The van der Waals surface area contributed by atoms with E-state index in [4.69, 9.17) is 56.8 Å². The second-order valence-corrected chi connectivity index (χ2v) is 21.9. The van der Waals surface area contributed by atoms with Gasteiger partial charge in [-0.3, -0.25) is 0 Å². The van der Waals surface area contributed by atoms with E-state index < -0.39 is 61.4 Å². The second-order valence-electron chi connectivity index (χ2n) is 21.9. The fraction of sp³-hybridized carbons (Fsp3) is 0.263. The van der Waals surface area contributed by atoms with Crippen molar-refractivity contribution < 1.29 is 56.8 Å². The Morgan fingerprint density at radius 1 is 0.267 bits per heavy atom. The van der Waals surface area contributed by atoms with E-state index in [1.807, 2.05) is 243 Å². The molecule has 458 valence electrons. The number of hydrogen-bond acceptors (Lipinski definition) is 14. The van der Waals surface area contributed by atoms with Gasteiger partial charge >= 0.3 is 0 Å². The molecule has 0 unspecified atom stereocenters. The van der Waals surface area contributed by atoms with Crippen LogP contribution in [0.5, 0.6) is 11.5 Å². The van der Waals surface area contributed by atoms with Crippen LogP contribution in [0.2, 0.25) is 0 Å². The topological polar surface area (TPSA) is 158 Å². The number of benzene rings is 9. The zero-order valence-electron chi connectivity index (χ0n) is 49.9. The predicted molar refractivity (Wildman–Crippen MR) is 337 cm³/mol. The summed E-state index contributed by atoms with van der Waals surface area (Å²) in [6.07, 6.45) is -9.33. The van der Waals surface area contributed by atoms with E-state index in [2.05, 4.69) is 12.1 Å². The maximum absolute atomic E-state index is 11.3. The highest BCUT2D eigenvalue weighted by Gasteiger charge is 2.52. The average Bonchev–Trinajstić information content (AvgIpc) is 0.858. The Balaban J connectivity index is 0.948. The van der Waals surface area contributed by atoms with Gasteiger partial charge in [-0.2, -0.15) is 10.5 Å². The number of rotatable bonds is 30. The first-order chi connectivity index (χ1) is 44.5. The van der Waals surface area contributed by atoms with E-state index in [0.29, 0.717) is 0 Å². The van der Waals surface area contributed by atoms with Gasteiger partial charge in [0.15, 0.2) is 0 Å². The number of nitriles is 2. The summed E-state index contributed by atoms with van der Waals surface area (Å²) in [4.78, 5) is 0. The summed E-state index contributed by atoms with van der Waals surface area (Å²) >= 11 is 0. The first-order valence-corrected chi connectivity index (χ1v) is 30.3. The van der Waals surface area contributed by atoms with E-state index in [1.54, 1.807) is 12.1 Å². The lowest BCUT2D eigenvalue weighted by Gasteiger charge is -2.46. The van der Waals surface area contributed by atoms with Crippen LogP contribution >= 0.6 is 0 Å². The van der Waals surface area contributed by atoms with Crippen LogP contribution in [0.15, 0.2) is 255 Å². The van der Waals surface area contributed by atoms with Crippen LogP contribution in [0.3, 0.4) is 0 Å². The highest BCUT2D eigenvalue weighted by molar-refractivity contribution is 5.60. The van der Waals surface area contributed by atoms with Gasteiger partial charge in [0.25, 0.3) is 0 Å². The Morgan fingerprint density at radius 3 is 0.733 bits per heavy atom. The highest BCUT2D eigenvalue weighted by atomic mass is 16.7. The van der Waals surface area contributed by atoms with Crippen molar-refractivity contribution in [1.82, 2.24) is 0 Å². The van der Waals surface area contributed by atoms with Crippen LogP contribution in [-0.2, 0) is 100 Å². The first-order valence-electron chi connectivity index (χ1n) is 30.3. The molecule has 11 rings (SSSR count). The molecular formula is C76H72N2O12. The zero-order chi connectivity index (χ0) is 61.4. The molecule has 90 heavy (non-hydrogen) atoms. The normalized spacial score (nSPS) is 21.4. The maximum Gasteiger partial charge on any atom is 0.229 e. The quantitative estimate of drug-likeness (QED) is 0.0419. The lowest BCUT2D eigenvalue weighted by atomic mass is 9.97. The molecule has 2 aliphatic rings. The van der Waals surface area contributed by atoms with Crippen molar-refractivity contribution in [2.75, 3.05) is 13.2 Å². The van der Waals surface area contributed by atoms with Gasteiger partial charge in [-0.25, -0.2) is 0 Å². The molecule has 0 radical (unpaired) electrons. The van der Waals surface area contributed by atoms with E-state index in [1.165, 1.54) is 0 Å². The summed E-state index contributed by atoms with van der Waals surface area (Å²) in [7, 11) is 0. The highest BCUT2D eigenvalue weighted by Crippen LogP contribution is 2.39. The molecule has 10 atom stereocenters. The molecule has 2 fully saturated rings. The summed E-state index contributed by atoms with van der Waals surface area (Å²) in [6, 6.07) is 86.5. The van der Waals surface area contributed by atoms with Gasteiger partial charge in [-0.05, 0) is 56.6 Å². The van der Waals surface area contributed by atoms with Crippen molar-refractivity contribution in [2.24, 2.45) is 0 Å². The SMILES string of the molecule is N#Cc1c(O[C@@H]2O[C@H](COCc3ccccc3)[C@@H](OCc3ccccc3)[C@H](OCc3ccccc3)[C@H]2OCc2ccccc2)ccc(O[C@@H]2O[C@H](COCc3ccccc3)[C@@H](OCc3ccccc3)[C@H](OCc3ccccc3)[C@H]2OCc2ccccc2)c1C#N. The van der Waals surface area contributed by atoms with Crippen LogP contribution in [0.25, 0.3) is 0 Å². The molecule has 2 aliphatic heterocycles. The third kappa shape index (κ3) is 17.5. The molecule has 2 heterocycles. The number of nitrogens with zero attached hydrogens (tertiary/aromatic N) is 2. The smallest absolute Gasteiger partial charge is 0.229 e. The minimum absolute atomic E-state index is 0.0289. The van der Waals surface area contributed by atoms with Crippen molar-refractivity contribution >= 4 is 0 Å². The van der Waals surface area contributed by atoms with Crippen molar-refractivity contribution in [1.29, 1.82) is 10.5 Å². The van der Waals surface area contributed by atoms with Crippen molar-refractivity contribution in [2.45, 2.75) is 114 Å². The predicted octanol–water partition coefficient (Wildman–Crippen LogP) is 13.6. The van der Waals surface area contributed by atoms with Gasteiger partial charge < -0.3 is 56.8 Å². The van der Waals surface area contributed by atoms with Gasteiger partial charge in [0.2, 0.25) is 12.6 Å². The van der Waals surface area contributed by atoms with E-state index in [9.17, 15) is 10.5 Å². The second kappa shape index (κ2) is 33.1. The van der Waals surface area contributed by atoms with Gasteiger partial charge in [0, 0.05) is 0 Å². The molecule has 0 spiro atoms. The monoisotopic (exact) mass is 1200 g/mol. The molecule has 9 aromatic rings. The minimum Gasteiger partial charge on any atom is -0.461 e. The molecule has 0 amide bonds. The van der Waals surface area contributed by atoms with Gasteiger partial charge in [0.05, 0.1) is 66.1 Å². The van der Waals surface area contributed by atoms with Crippen LogP contribution in [0.1, 0.15) is 55.6 Å². The molecule has 0 saturated carbocycles. The zero-order valence-corrected chi connectivity index (χ0v) is 49.9. The maximum atomic E-state index is 11.3. The Morgan fingerprint density at radius 2 is 0.489 bits per heavy atom. The first kappa shape index (κ1) is 62.8. The summed E-state index contributed by atoms with van der Waals surface area (Å²) in [6.45, 7) is 1.83. The van der Waals surface area contributed by atoms with E-state index in [-0.39, 0.29) is 88.7 Å². The third-order valence-electron chi connectivity index (χ3n) is 15.5. The molecular weight excluding hydrogens is 1130 g/mol. The molecule has 0 bridgehead atoms. The molecule has 9 aromatic carbocycles. The lowest BCUT2D eigenvalue weighted by molar-refractivity contribution is -0.310. The molecule has 2 saturated heterocycles. The third-order valence-corrected chi connectivity index (χ3v) is 15.5. The largest absolute Gasteiger partial charge is 0.461 e. The standard InChI is InChI=1S/C76H72N2O12/c77-43-63-64(44-78)66(88-76-74(86-52-62-39-23-8-24-40-62)72(84-50-60-35-19-6-20-36-60)70(82-48-58-31-15-4-16-32-58)68(90-76)54-80-46-56-27-11-2-12-28-56)42-41-65(63)87-75-73(85-51-61-37-21-7-22-38-61)71(83-49-59-33-17-5-18-34-59)69(81-47-57-29-13-3-14-30-57)67(89-75)53-79-45-55-25-9-1-10-26-55/h1-42,67-76H,45-54H2/t67-,68-,69-,70-,71+,72+,73-,74-,75-,76-/m1/s1. The Hall–Kier alpha value is -8.84. The van der Waals surface area contributed by atoms with Crippen LogP contribution in [0, 0.1) is 22.7 Å². The summed E-state index contributed by atoms with van der Waals surface area (Å²) in [5.41, 5.74) is 7.22. The summed E-state index contributed by atoms with van der Waals surface area (Å²) in [5, 5.41) is 22.6. The van der Waals surface area contributed by atoms with E-state index >= 15 is 0 Å². The molecule has 14 heteroatoms. The molecule has 14 nitrogen and oxygen atoms in total. The van der Waals surface area contributed by atoms with Gasteiger partial charge in [-0.15, -0.1) is 0 Å². The summed E-state index contributed by atoms with van der Waals surface area (Å²) < 4.78 is 82.5. The number of hydrogen-bond donors (Lipinski definition) is 0. The van der Waals surface area contributed by atoms with Gasteiger partial charge in [0.1, 0.15) is 83.6 Å². The van der Waals surface area contributed by atoms with Crippen molar-refractivity contribution in [3.63, 3.8) is 0 Å².